The summed E-state index contributed by atoms with van der Waals surface area (Å²) in [5.74, 6) is -0.0398. The largest absolute Gasteiger partial charge is 0.478 e. The summed E-state index contributed by atoms with van der Waals surface area (Å²) in [5, 5.41) is 9.25. The van der Waals surface area contributed by atoms with Gasteiger partial charge < -0.3 is 19.0 Å². The number of pyridine rings is 1. The van der Waals surface area contributed by atoms with Crippen LogP contribution in [0.25, 0.3) is 22.6 Å². The molecule has 0 aliphatic heterocycles. The molecule has 0 amide bonds. The van der Waals surface area contributed by atoms with Crippen molar-refractivity contribution in [2.45, 2.75) is 13.2 Å². The van der Waals surface area contributed by atoms with Gasteiger partial charge in [0, 0.05) is 6.07 Å². The van der Waals surface area contributed by atoms with Crippen molar-refractivity contribution in [3.63, 3.8) is 0 Å². The Balaban J connectivity index is 1.47. The van der Waals surface area contributed by atoms with Crippen molar-refractivity contribution >= 4 is 17.1 Å². The highest BCUT2D eigenvalue weighted by Gasteiger charge is 2.18. The van der Waals surface area contributed by atoms with Gasteiger partial charge in [-0.3, -0.25) is 0 Å². The Morgan fingerprint density at radius 3 is 2.15 bits per heavy atom. The van der Waals surface area contributed by atoms with Crippen LogP contribution in [0.5, 0.6) is 11.8 Å². The number of rotatable bonds is 8. The molecule has 34 heavy (non-hydrogen) atoms. The molecular formula is C27H20N2O5. The lowest BCUT2D eigenvalue weighted by molar-refractivity contribution is 0.0697. The molecule has 7 heteroatoms. The molecule has 7 nitrogen and oxygen atoms in total. The van der Waals surface area contributed by atoms with Crippen molar-refractivity contribution in [2.24, 2.45) is 0 Å². The van der Waals surface area contributed by atoms with E-state index in [4.69, 9.17) is 13.9 Å². The standard InChI is InChI=1S/C27H20N2O5/c30-27(31)20-11-13-23-22(15-20)28-26(34-23)21-12-14-24(32-16-18-7-3-1-4-8-18)29-25(21)33-17-19-9-5-2-6-10-19/h1-15H,16-17H2,(H,30,31). The van der Waals surface area contributed by atoms with E-state index in [1.165, 1.54) is 12.1 Å². The molecule has 0 aliphatic carbocycles. The predicted molar refractivity (Wildman–Crippen MR) is 126 cm³/mol. The quantitative estimate of drug-likeness (QED) is 0.320. The summed E-state index contributed by atoms with van der Waals surface area (Å²) in [6.45, 7) is 0.665. The molecule has 1 N–H and O–H groups in total. The Kier molecular flexibility index (Phi) is 5.90. The smallest absolute Gasteiger partial charge is 0.335 e. The summed E-state index contributed by atoms with van der Waals surface area (Å²) in [6.07, 6.45) is 0. The number of carboxylic acids is 1. The molecule has 168 valence electrons. The topological polar surface area (TPSA) is 94.7 Å². The number of hydrogen-bond acceptors (Lipinski definition) is 6. The number of aromatic carboxylic acids is 1. The minimum Gasteiger partial charge on any atom is -0.478 e. The van der Waals surface area contributed by atoms with Crippen molar-refractivity contribution in [2.75, 3.05) is 0 Å². The van der Waals surface area contributed by atoms with Gasteiger partial charge in [-0.15, -0.1) is 0 Å². The molecule has 0 bridgehead atoms. The molecule has 0 unspecified atom stereocenters. The van der Waals surface area contributed by atoms with E-state index in [9.17, 15) is 9.90 Å². The second-order valence-electron chi connectivity index (χ2n) is 7.56. The van der Waals surface area contributed by atoms with Gasteiger partial charge in [0.1, 0.15) is 18.7 Å². The maximum absolute atomic E-state index is 11.3. The van der Waals surface area contributed by atoms with E-state index >= 15 is 0 Å². The molecule has 0 aliphatic rings. The van der Waals surface area contributed by atoms with Crippen LogP contribution in [0.2, 0.25) is 0 Å². The molecule has 0 fully saturated rings. The fourth-order valence-electron chi connectivity index (χ4n) is 3.41. The van der Waals surface area contributed by atoms with E-state index in [0.717, 1.165) is 11.1 Å². The Bertz CT molecular complexity index is 1430. The highest BCUT2D eigenvalue weighted by Crippen LogP contribution is 2.33. The van der Waals surface area contributed by atoms with Crippen LogP contribution in [0.3, 0.4) is 0 Å². The van der Waals surface area contributed by atoms with Crippen LogP contribution >= 0.6 is 0 Å². The minimum absolute atomic E-state index is 0.135. The van der Waals surface area contributed by atoms with Gasteiger partial charge in [-0.1, -0.05) is 60.7 Å². The number of oxazole rings is 1. The summed E-state index contributed by atoms with van der Waals surface area (Å²) < 4.78 is 17.8. The Morgan fingerprint density at radius 2 is 1.47 bits per heavy atom. The Hall–Kier alpha value is -4.65. The molecule has 2 aromatic heterocycles. The number of aromatic nitrogens is 2. The molecule has 0 saturated carbocycles. The van der Waals surface area contributed by atoms with Gasteiger partial charge in [0.05, 0.1) is 11.1 Å². The van der Waals surface area contributed by atoms with Crippen LogP contribution in [-0.2, 0) is 13.2 Å². The molecule has 0 saturated heterocycles. The van der Waals surface area contributed by atoms with Crippen LogP contribution in [0.15, 0.2) is 95.4 Å². The van der Waals surface area contributed by atoms with Crippen LogP contribution in [-0.4, -0.2) is 21.0 Å². The maximum Gasteiger partial charge on any atom is 0.335 e. The van der Waals surface area contributed by atoms with Crippen LogP contribution in [0.4, 0.5) is 0 Å². The fraction of sp³-hybridized carbons (Fsp3) is 0.0741. The summed E-state index contributed by atoms with van der Waals surface area (Å²) in [4.78, 5) is 20.3. The number of carbonyl (C=O) groups is 1. The summed E-state index contributed by atoms with van der Waals surface area (Å²) in [7, 11) is 0. The Morgan fingerprint density at radius 1 is 0.794 bits per heavy atom. The highest BCUT2D eigenvalue weighted by molar-refractivity contribution is 5.92. The molecule has 3 aromatic carbocycles. The first-order valence-corrected chi connectivity index (χ1v) is 10.6. The van der Waals surface area contributed by atoms with Crippen molar-refractivity contribution < 1.29 is 23.8 Å². The average molecular weight is 452 g/mol. The van der Waals surface area contributed by atoms with Gasteiger partial charge in [-0.25, -0.2) is 9.78 Å². The maximum atomic E-state index is 11.3. The number of fused-ring (bicyclic) bond motifs is 1. The summed E-state index contributed by atoms with van der Waals surface area (Å²) >= 11 is 0. The van der Waals surface area contributed by atoms with Crippen LogP contribution in [0, 0.1) is 0 Å². The average Bonchev–Trinajstić information content (AvgIpc) is 3.31. The monoisotopic (exact) mass is 452 g/mol. The molecule has 0 radical (unpaired) electrons. The fourth-order valence-corrected chi connectivity index (χ4v) is 3.41. The third kappa shape index (κ3) is 4.73. The second-order valence-corrected chi connectivity index (χ2v) is 7.56. The molecule has 0 spiro atoms. The van der Waals surface area contributed by atoms with Gasteiger partial charge in [-0.2, -0.15) is 4.98 Å². The summed E-state index contributed by atoms with van der Waals surface area (Å²) in [6, 6.07) is 27.6. The number of nitrogens with zero attached hydrogens (tertiary/aromatic N) is 2. The van der Waals surface area contributed by atoms with Crippen molar-refractivity contribution in [3.05, 3.63) is 108 Å². The van der Waals surface area contributed by atoms with Gasteiger partial charge in [-0.05, 0) is 35.4 Å². The predicted octanol–water partition coefficient (Wildman–Crippen LogP) is 5.75. The number of hydrogen-bond donors (Lipinski definition) is 1. The molecule has 0 atom stereocenters. The first kappa shape index (κ1) is 21.2. The van der Waals surface area contributed by atoms with E-state index in [0.29, 0.717) is 41.6 Å². The van der Waals surface area contributed by atoms with E-state index in [2.05, 4.69) is 9.97 Å². The Labute approximate surface area is 195 Å². The lowest BCUT2D eigenvalue weighted by Crippen LogP contribution is -2.02. The molecular weight excluding hydrogens is 432 g/mol. The lowest BCUT2D eigenvalue weighted by atomic mass is 10.2. The van der Waals surface area contributed by atoms with E-state index in [-0.39, 0.29) is 11.5 Å². The van der Waals surface area contributed by atoms with Gasteiger partial charge in [0.25, 0.3) is 0 Å². The zero-order chi connectivity index (χ0) is 23.3. The normalized spacial score (nSPS) is 10.8. The van der Waals surface area contributed by atoms with E-state index in [1.807, 2.05) is 60.7 Å². The molecule has 5 rings (SSSR count). The number of ether oxygens (including phenoxy) is 2. The highest BCUT2D eigenvalue weighted by atomic mass is 16.5. The SMILES string of the molecule is O=C(O)c1ccc2oc(-c3ccc(OCc4ccccc4)nc3OCc3ccccc3)nc2c1. The van der Waals surface area contributed by atoms with Crippen LogP contribution < -0.4 is 9.47 Å². The molecule has 5 aromatic rings. The van der Waals surface area contributed by atoms with Crippen molar-refractivity contribution in [3.8, 4) is 23.2 Å². The zero-order valence-electron chi connectivity index (χ0n) is 18.0. The first-order chi connectivity index (χ1) is 16.7. The lowest BCUT2D eigenvalue weighted by Gasteiger charge is -2.11. The van der Waals surface area contributed by atoms with Gasteiger partial charge >= 0.3 is 5.97 Å². The third-order valence-corrected chi connectivity index (χ3v) is 5.15. The molecule has 2 heterocycles. The number of benzene rings is 3. The van der Waals surface area contributed by atoms with Crippen molar-refractivity contribution in [1.29, 1.82) is 0 Å². The van der Waals surface area contributed by atoms with Gasteiger partial charge in [0.15, 0.2) is 5.58 Å². The minimum atomic E-state index is -1.03. The zero-order valence-corrected chi connectivity index (χ0v) is 18.0. The van der Waals surface area contributed by atoms with Crippen LogP contribution in [0.1, 0.15) is 21.5 Å². The van der Waals surface area contributed by atoms with E-state index in [1.54, 1.807) is 18.2 Å². The first-order valence-electron chi connectivity index (χ1n) is 10.6. The van der Waals surface area contributed by atoms with E-state index < -0.39 is 5.97 Å². The van der Waals surface area contributed by atoms with Gasteiger partial charge in [0.2, 0.25) is 17.7 Å². The number of carboxylic acid groups (broad SMARTS) is 1. The second kappa shape index (κ2) is 9.46. The third-order valence-electron chi connectivity index (χ3n) is 5.15. The summed E-state index contributed by atoms with van der Waals surface area (Å²) in [5.41, 5.74) is 3.58. The van der Waals surface area contributed by atoms with Crippen molar-refractivity contribution in [1.82, 2.24) is 9.97 Å².